The normalized spacial score (nSPS) is 18.2. The van der Waals surface area contributed by atoms with Crippen LogP contribution in [0.5, 0.6) is 0 Å². The molecule has 1 nitrogen and oxygen atoms in total. The zero-order chi connectivity index (χ0) is 7.56. The van der Waals surface area contributed by atoms with Crippen molar-refractivity contribution in [3.8, 4) is 0 Å². The van der Waals surface area contributed by atoms with Gasteiger partial charge in [0, 0.05) is 12.0 Å². The molecule has 0 spiro atoms. The highest BCUT2D eigenvalue weighted by Crippen LogP contribution is 2.27. The molecule has 0 saturated carbocycles. The number of hydrogen-bond acceptors (Lipinski definition) is 1. The molecule has 0 fully saturated rings. The smallest absolute Gasteiger partial charge is 0.161 e. The Balaban J connectivity index is 2.71. The SMILES string of the molecule is CCC(=O)C1=C(F)CCC1. The first-order chi connectivity index (χ1) is 4.75. The average molecular weight is 142 g/mol. The van der Waals surface area contributed by atoms with Crippen LogP contribution in [0.15, 0.2) is 11.4 Å². The first-order valence-corrected chi connectivity index (χ1v) is 3.66. The molecule has 0 aliphatic heterocycles. The Bertz CT molecular complexity index is 182. The van der Waals surface area contributed by atoms with Gasteiger partial charge in [-0.15, -0.1) is 0 Å². The summed E-state index contributed by atoms with van der Waals surface area (Å²) in [4.78, 5) is 10.9. The van der Waals surface area contributed by atoms with Gasteiger partial charge in [0.1, 0.15) is 5.83 Å². The van der Waals surface area contributed by atoms with E-state index in [9.17, 15) is 9.18 Å². The van der Waals surface area contributed by atoms with Gasteiger partial charge in [0.05, 0.1) is 0 Å². The molecule has 0 amide bonds. The monoisotopic (exact) mass is 142 g/mol. The second-order valence-electron chi connectivity index (χ2n) is 2.51. The molecule has 0 atom stereocenters. The molecular formula is C8H11FO. The Kier molecular flexibility index (Phi) is 2.20. The van der Waals surface area contributed by atoms with Crippen molar-refractivity contribution in [3.63, 3.8) is 0 Å². The van der Waals surface area contributed by atoms with E-state index in [1.54, 1.807) is 6.92 Å². The lowest BCUT2D eigenvalue weighted by atomic mass is 10.1. The highest BCUT2D eigenvalue weighted by Gasteiger charge is 2.18. The second kappa shape index (κ2) is 2.95. The fourth-order valence-corrected chi connectivity index (χ4v) is 1.21. The molecular weight excluding hydrogens is 131 g/mol. The molecule has 0 unspecified atom stereocenters. The van der Waals surface area contributed by atoms with Crippen LogP contribution in [-0.4, -0.2) is 5.78 Å². The molecule has 0 aromatic carbocycles. The maximum absolute atomic E-state index is 12.7. The molecule has 10 heavy (non-hydrogen) atoms. The summed E-state index contributed by atoms with van der Waals surface area (Å²) in [6.45, 7) is 1.76. The Labute approximate surface area is 59.9 Å². The largest absolute Gasteiger partial charge is 0.294 e. The number of allylic oxidation sites excluding steroid dienone is 2. The van der Waals surface area contributed by atoms with Crippen LogP contribution in [0.3, 0.4) is 0 Å². The molecule has 0 aromatic rings. The minimum absolute atomic E-state index is 0.0185. The summed E-state index contributed by atoms with van der Waals surface area (Å²) >= 11 is 0. The average Bonchev–Trinajstić information content (AvgIpc) is 2.34. The molecule has 0 radical (unpaired) electrons. The first kappa shape index (κ1) is 7.45. The fraction of sp³-hybridized carbons (Fsp3) is 0.625. The van der Waals surface area contributed by atoms with Crippen molar-refractivity contribution in [1.29, 1.82) is 0 Å². The van der Waals surface area contributed by atoms with Crippen LogP contribution < -0.4 is 0 Å². The molecule has 0 N–H and O–H groups in total. The van der Waals surface area contributed by atoms with Gasteiger partial charge < -0.3 is 0 Å². The van der Waals surface area contributed by atoms with Crippen LogP contribution in [0.2, 0.25) is 0 Å². The highest BCUT2D eigenvalue weighted by molar-refractivity contribution is 5.95. The van der Waals surface area contributed by atoms with Gasteiger partial charge in [-0.1, -0.05) is 6.92 Å². The summed E-state index contributed by atoms with van der Waals surface area (Å²) in [5.74, 6) is -0.193. The van der Waals surface area contributed by atoms with E-state index < -0.39 is 0 Å². The first-order valence-electron chi connectivity index (χ1n) is 3.66. The summed E-state index contributed by atoms with van der Waals surface area (Å²) < 4.78 is 12.7. The number of Topliss-reactive ketones (excluding diaryl/α,β-unsaturated/α-hetero) is 1. The van der Waals surface area contributed by atoms with E-state index in [4.69, 9.17) is 0 Å². The minimum atomic E-state index is -0.174. The molecule has 0 aromatic heterocycles. The fourth-order valence-electron chi connectivity index (χ4n) is 1.21. The van der Waals surface area contributed by atoms with E-state index in [1.807, 2.05) is 0 Å². The quantitative estimate of drug-likeness (QED) is 0.578. The lowest BCUT2D eigenvalue weighted by Crippen LogP contribution is -1.98. The predicted octanol–water partition coefficient (Wildman–Crippen LogP) is 2.37. The van der Waals surface area contributed by atoms with Gasteiger partial charge in [-0.25, -0.2) is 4.39 Å². The van der Waals surface area contributed by atoms with Crippen molar-refractivity contribution >= 4 is 5.78 Å². The van der Waals surface area contributed by atoms with Crippen LogP contribution in [0.4, 0.5) is 4.39 Å². The van der Waals surface area contributed by atoms with E-state index in [0.717, 1.165) is 6.42 Å². The maximum Gasteiger partial charge on any atom is 0.161 e. The third-order valence-electron chi connectivity index (χ3n) is 1.81. The third-order valence-corrected chi connectivity index (χ3v) is 1.81. The zero-order valence-electron chi connectivity index (χ0n) is 6.11. The van der Waals surface area contributed by atoms with E-state index in [-0.39, 0.29) is 11.6 Å². The Morgan fingerprint density at radius 1 is 1.60 bits per heavy atom. The summed E-state index contributed by atoms with van der Waals surface area (Å²) in [7, 11) is 0. The third kappa shape index (κ3) is 1.25. The van der Waals surface area contributed by atoms with Gasteiger partial charge in [-0.05, 0) is 19.3 Å². The molecule has 0 bridgehead atoms. The predicted molar refractivity (Wildman–Crippen MR) is 37.3 cm³/mol. The molecule has 1 rings (SSSR count). The van der Waals surface area contributed by atoms with E-state index >= 15 is 0 Å². The van der Waals surface area contributed by atoms with E-state index in [2.05, 4.69) is 0 Å². The molecule has 56 valence electrons. The van der Waals surface area contributed by atoms with Gasteiger partial charge in [0.2, 0.25) is 0 Å². The molecule has 1 aliphatic carbocycles. The summed E-state index contributed by atoms with van der Waals surface area (Å²) in [6, 6.07) is 0. The lowest BCUT2D eigenvalue weighted by molar-refractivity contribution is -0.115. The topological polar surface area (TPSA) is 17.1 Å². The molecule has 2 heteroatoms. The minimum Gasteiger partial charge on any atom is -0.294 e. The van der Waals surface area contributed by atoms with Crippen molar-refractivity contribution in [1.82, 2.24) is 0 Å². The number of ketones is 1. The number of carbonyl (C=O) groups excluding carboxylic acids is 1. The summed E-state index contributed by atoms with van der Waals surface area (Å²) in [6.07, 6.45) is 2.37. The number of hydrogen-bond donors (Lipinski definition) is 0. The van der Waals surface area contributed by atoms with Crippen molar-refractivity contribution in [2.75, 3.05) is 0 Å². The van der Waals surface area contributed by atoms with Crippen molar-refractivity contribution < 1.29 is 9.18 Å². The number of halogens is 1. The van der Waals surface area contributed by atoms with Crippen LogP contribution in [-0.2, 0) is 4.79 Å². The summed E-state index contributed by atoms with van der Waals surface area (Å²) in [5, 5.41) is 0. The number of carbonyl (C=O) groups is 1. The summed E-state index contributed by atoms with van der Waals surface area (Å²) in [5.41, 5.74) is 0.447. The van der Waals surface area contributed by atoms with Crippen LogP contribution in [0.25, 0.3) is 0 Å². The molecule has 1 aliphatic rings. The van der Waals surface area contributed by atoms with Gasteiger partial charge >= 0.3 is 0 Å². The lowest BCUT2D eigenvalue weighted by Gasteiger charge is -1.95. The second-order valence-corrected chi connectivity index (χ2v) is 2.51. The Morgan fingerprint density at radius 2 is 2.30 bits per heavy atom. The zero-order valence-corrected chi connectivity index (χ0v) is 6.11. The highest BCUT2D eigenvalue weighted by atomic mass is 19.1. The van der Waals surface area contributed by atoms with Crippen LogP contribution >= 0.6 is 0 Å². The van der Waals surface area contributed by atoms with E-state index in [0.29, 0.717) is 24.8 Å². The van der Waals surface area contributed by atoms with Gasteiger partial charge in [-0.2, -0.15) is 0 Å². The Hall–Kier alpha value is -0.660. The van der Waals surface area contributed by atoms with Crippen LogP contribution in [0.1, 0.15) is 32.6 Å². The standard InChI is InChI=1S/C8H11FO/c1-2-8(10)6-4-3-5-7(6)9/h2-5H2,1H3. The number of rotatable bonds is 2. The van der Waals surface area contributed by atoms with Crippen molar-refractivity contribution in [2.24, 2.45) is 0 Å². The van der Waals surface area contributed by atoms with Gasteiger partial charge in [0.15, 0.2) is 5.78 Å². The van der Waals surface area contributed by atoms with Gasteiger partial charge in [0.25, 0.3) is 0 Å². The maximum atomic E-state index is 12.7. The van der Waals surface area contributed by atoms with E-state index in [1.165, 1.54) is 0 Å². The van der Waals surface area contributed by atoms with Crippen LogP contribution in [0, 0.1) is 0 Å². The van der Waals surface area contributed by atoms with Gasteiger partial charge in [-0.3, -0.25) is 4.79 Å². The Morgan fingerprint density at radius 3 is 2.70 bits per heavy atom. The van der Waals surface area contributed by atoms with Crippen molar-refractivity contribution in [2.45, 2.75) is 32.6 Å². The van der Waals surface area contributed by atoms with Crippen molar-refractivity contribution in [3.05, 3.63) is 11.4 Å². The molecule has 0 heterocycles. The molecule has 0 saturated heterocycles.